The SMILES string of the molecule is Cc1ccc(CC(N)C(=O)O)c(Br)c1F. The van der Waals surface area contributed by atoms with Crippen molar-refractivity contribution in [2.75, 3.05) is 0 Å². The van der Waals surface area contributed by atoms with Crippen LogP contribution in [0.15, 0.2) is 16.6 Å². The number of benzene rings is 1. The highest BCUT2D eigenvalue weighted by Crippen LogP contribution is 2.24. The standard InChI is InChI=1S/C10H11BrFNO2/c1-5-2-3-6(8(11)9(5)12)4-7(13)10(14)15/h2-3,7H,4,13H2,1H3,(H,14,15). The van der Waals surface area contributed by atoms with E-state index in [2.05, 4.69) is 15.9 Å². The summed E-state index contributed by atoms with van der Waals surface area (Å²) in [4.78, 5) is 10.5. The second-order valence-electron chi connectivity index (χ2n) is 3.32. The van der Waals surface area contributed by atoms with Gasteiger partial charge in [0.05, 0.1) is 4.47 Å². The van der Waals surface area contributed by atoms with Crippen molar-refractivity contribution in [1.29, 1.82) is 0 Å². The predicted octanol–water partition coefficient (Wildman–Crippen LogP) is 1.85. The molecule has 1 rings (SSSR count). The van der Waals surface area contributed by atoms with E-state index in [0.29, 0.717) is 15.6 Å². The average molecular weight is 276 g/mol. The summed E-state index contributed by atoms with van der Waals surface area (Å²) in [5.74, 6) is -1.46. The van der Waals surface area contributed by atoms with Gasteiger partial charge in [-0.3, -0.25) is 4.79 Å². The number of aryl methyl sites for hydroxylation is 1. The number of rotatable bonds is 3. The second kappa shape index (κ2) is 4.72. The molecule has 0 amide bonds. The van der Waals surface area contributed by atoms with E-state index in [-0.39, 0.29) is 12.2 Å². The molecule has 0 aliphatic carbocycles. The van der Waals surface area contributed by atoms with Gasteiger partial charge in [-0.05, 0) is 40.4 Å². The molecular weight excluding hydrogens is 265 g/mol. The molecular formula is C10H11BrFNO2. The number of halogens is 2. The van der Waals surface area contributed by atoms with Crippen molar-refractivity contribution in [2.24, 2.45) is 5.73 Å². The molecule has 1 aromatic carbocycles. The number of aliphatic carboxylic acids is 1. The minimum atomic E-state index is -1.09. The van der Waals surface area contributed by atoms with Crippen LogP contribution in [0.4, 0.5) is 4.39 Å². The quantitative estimate of drug-likeness (QED) is 0.885. The van der Waals surface area contributed by atoms with E-state index >= 15 is 0 Å². The number of hydrogen-bond acceptors (Lipinski definition) is 2. The first-order valence-electron chi connectivity index (χ1n) is 4.35. The Hall–Kier alpha value is -0.940. The van der Waals surface area contributed by atoms with Crippen LogP contribution in [0.3, 0.4) is 0 Å². The maximum Gasteiger partial charge on any atom is 0.320 e. The lowest BCUT2D eigenvalue weighted by Gasteiger charge is -2.10. The van der Waals surface area contributed by atoms with Gasteiger partial charge >= 0.3 is 5.97 Å². The van der Waals surface area contributed by atoms with Crippen molar-refractivity contribution in [2.45, 2.75) is 19.4 Å². The van der Waals surface area contributed by atoms with E-state index in [1.807, 2.05) is 0 Å². The first-order valence-corrected chi connectivity index (χ1v) is 5.14. The molecule has 3 N–H and O–H groups in total. The largest absolute Gasteiger partial charge is 0.480 e. The summed E-state index contributed by atoms with van der Waals surface area (Å²) in [6.45, 7) is 1.64. The van der Waals surface area contributed by atoms with Crippen LogP contribution < -0.4 is 5.73 Å². The van der Waals surface area contributed by atoms with Gasteiger partial charge in [0.25, 0.3) is 0 Å². The number of hydrogen-bond donors (Lipinski definition) is 2. The van der Waals surface area contributed by atoms with Crippen LogP contribution in [0.5, 0.6) is 0 Å². The highest BCUT2D eigenvalue weighted by atomic mass is 79.9. The van der Waals surface area contributed by atoms with Gasteiger partial charge in [0.1, 0.15) is 11.9 Å². The van der Waals surface area contributed by atoms with Crippen LogP contribution in [0.1, 0.15) is 11.1 Å². The van der Waals surface area contributed by atoms with Crippen LogP contribution in [0.2, 0.25) is 0 Å². The van der Waals surface area contributed by atoms with Crippen molar-refractivity contribution < 1.29 is 14.3 Å². The summed E-state index contributed by atoms with van der Waals surface area (Å²) < 4.78 is 13.7. The smallest absolute Gasteiger partial charge is 0.320 e. The highest BCUT2D eigenvalue weighted by Gasteiger charge is 2.16. The zero-order valence-corrected chi connectivity index (χ0v) is 9.71. The fourth-order valence-electron chi connectivity index (χ4n) is 1.17. The molecule has 3 nitrogen and oxygen atoms in total. The van der Waals surface area contributed by atoms with Gasteiger partial charge < -0.3 is 10.8 Å². The van der Waals surface area contributed by atoms with Crippen LogP contribution in [0, 0.1) is 12.7 Å². The third kappa shape index (κ3) is 2.76. The Morgan fingerprint density at radius 3 is 2.80 bits per heavy atom. The molecule has 82 valence electrons. The Balaban J connectivity index is 2.97. The molecule has 0 heterocycles. The molecule has 1 unspecified atom stereocenters. The second-order valence-corrected chi connectivity index (χ2v) is 4.11. The molecule has 0 spiro atoms. The molecule has 0 fully saturated rings. The van der Waals surface area contributed by atoms with E-state index in [4.69, 9.17) is 10.8 Å². The Kier molecular flexibility index (Phi) is 3.82. The lowest BCUT2D eigenvalue weighted by molar-refractivity contribution is -0.138. The number of nitrogens with two attached hydrogens (primary N) is 1. The zero-order chi connectivity index (χ0) is 11.6. The summed E-state index contributed by atoms with van der Waals surface area (Å²) in [6.07, 6.45) is 0.104. The molecule has 0 aromatic heterocycles. The van der Waals surface area contributed by atoms with Gasteiger partial charge in [-0.2, -0.15) is 0 Å². The summed E-state index contributed by atoms with van der Waals surface area (Å²) in [7, 11) is 0. The van der Waals surface area contributed by atoms with Crippen LogP contribution in [0.25, 0.3) is 0 Å². The molecule has 0 radical (unpaired) electrons. The Morgan fingerprint density at radius 1 is 1.67 bits per heavy atom. The van der Waals surface area contributed by atoms with Gasteiger partial charge in [-0.15, -0.1) is 0 Å². The molecule has 15 heavy (non-hydrogen) atoms. The topological polar surface area (TPSA) is 63.3 Å². The van der Waals surface area contributed by atoms with Gasteiger partial charge in [0.15, 0.2) is 0 Å². The van der Waals surface area contributed by atoms with Crippen LogP contribution in [-0.2, 0) is 11.2 Å². The van der Waals surface area contributed by atoms with Crippen LogP contribution >= 0.6 is 15.9 Å². The normalized spacial score (nSPS) is 12.5. The van der Waals surface area contributed by atoms with Crippen molar-refractivity contribution in [3.63, 3.8) is 0 Å². The van der Waals surface area contributed by atoms with E-state index in [0.717, 1.165) is 0 Å². The predicted molar refractivity (Wildman–Crippen MR) is 58.2 cm³/mol. The first kappa shape index (κ1) is 12.1. The third-order valence-electron chi connectivity index (χ3n) is 2.11. The Morgan fingerprint density at radius 2 is 2.27 bits per heavy atom. The van der Waals surface area contributed by atoms with Crippen molar-refractivity contribution in [3.05, 3.63) is 33.5 Å². The first-order chi connectivity index (χ1) is 6.93. The van der Waals surface area contributed by atoms with Gasteiger partial charge in [-0.1, -0.05) is 12.1 Å². The van der Waals surface area contributed by atoms with E-state index in [1.54, 1.807) is 19.1 Å². The van der Waals surface area contributed by atoms with Crippen molar-refractivity contribution in [1.82, 2.24) is 0 Å². The molecule has 0 bridgehead atoms. The fourth-order valence-corrected chi connectivity index (χ4v) is 1.77. The monoisotopic (exact) mass is 275 g/mol. The Bertz CT molecular complexity index is 395. The molecule has 0 aliphatic heterocycles. The molecule has 1 atom stereocenters. The van der Waals surface area contributed by atoms with Crippen molar-refractivity contribution in [3.8, 4) is 0 Å². The zero-order valence-electron chi connectivity index (χ0n) is 8.13. The van der Waals surface area contributed by atoms with E-state index in [9.17, 15) is 9.18 Å². The van der Waals surface area contributed by atoms with E-state index < -0.39 is 12.0 Å². The van der Waals surface area contributed by atoms with Gasteiger partial charge in [0, 0.05) is 0 Å². The summed E-state index contributed by atoms with van der Waals surface area (Å²) in [6, 6.07) is 2.26. The summed E-state index contributed by atoms with van der Waals surface area (Å²) >= 11 is 3.09. The van der Waals surface area contributed by atoms with Gasteiger partial charge in [-0.25, -0.2) is 4.39 Å². The number of carbonyl (C=O) groups is 1. The summed E-state index contributed by atoms with van der Waals surface area (Å²) in [5.41, 5.74) is 6.43. The van der Waals surface area contributed by atoms with Crippen LogP contribution in [-0.4, -0.2) is 17.1 Å². The van der Waals surface area contributed by atoms with E-state index in [1.165, 1.54) is 0 Å². The van der Waals surface area contributed by atoms with Crippen molar-refractivity contribution >= 4 is 21.9 Å². The minimum absolute atomic E-state index is 0.104. The molecule has 0 saturated heterocycles. The highest BCUT2D eigenvalue weighted by molar-refractivity contribution is 9.10. The lowest BCUT2D eigenvalue weighted by atomic mass is 10.0. The molecule has 0 saturated carbocycles. The van der Waals surface area contributed by atoms with Gasteiger partial charge in [0.2, 0.25) is 0 Å². The molecule has 1 aromatic rings. The molecule has 0 aliphatic rings. The number of carboxylic acid groups (broad SMARTS) is 1. The summed E-state index contributed by atoms with van der Waals surface area (Å²) in [5, 5.41) is 8.62. The third-order valence-corrected chi connectivity index (χ3v) is 2.97. The minimum Gasteiger partial charge on any atom is -0.480 e. The maximum atomic E-state index is 13.4. The maximum absolute atomic E-state index is 13.4. The lowest BCUT2D eigenvalue weighted by Crippen LogP contribution is -2.32. The average Bonchev–Trinajstić information content (AvgIpc) is 2.18. The number of carboxylic acids is 1. The molecule has 5 heteroatoms. The fraction of sp³-hybridized carbons (Fsp3) is 0.300. The Labute approximate surface area is 95.2 Å².